The van der Waals surface area contributed by atoms with E-state index in [0.717, 1.165) is 0 Å². The Balaban J connectivity index is 3.55. The van der Waals surface area contributed by atoms with Gasteiger partial charge in [0.15, 0.2) is 0 Å². The number of rotatable bonds is 1. The van der Waals surface area contributed by atoms with Gasteiger partial charge in [-0.1, -0.05) is 20.8 Å². The van der Waals surface area contributed by atoms with Crippen molar-refractivity contribution in [3.05, 3.63) is 33.4 Å². The van der Waals surface area contributed by atoms with E-state index in [2.05, 4.69) is 0 Å². The first-order valence-electron chi connectivity index (χ1n) is 4.72. The van der Waals surface area contributed by atoms with E-state index in [1.165, 1.54) is 6.07 Å². The van der Waals surface area contributed by atoms with Crippen LogP contribution in [0.1, 0.15) is 31.9 Å². The fourth-order valence-electron chi connectivity index (χ4n) is 1.53. The molecule has 1 rings (SSSR count). The smallest absolute Gasteiger partial charge is 0.279 e. The molecule has 82 valence electrons. The number of phenolic OH excluding ortho intramolecular Hbond substituents is 1. The summed E-state index contributed by atoms with van der Waals surface area (Å²) in [5.41, 5.74) is 0.679. The Bertz CT molecular complexity index is 405. The van der Waals surface area contributed by atoms with Gasteiger partial charge < -0.3 is 5.11 Å². The number of aromatic hydroxyl groups is 1. The Morgan fingerprint density at radius 1 is 1.33 bits per heavy atom. The number of nitro groups is 1. The average molecular weight is 209 g/mol. The fraction of sp³-hybridized carbons (Fsp3) is 0.455. The molecule has 0 amide bonds. The van der Waals surface area contributed by atoms with E-state index >= 15 is 0 Å². The normalized spacial score (nSPS) is 11.5. The van der Waals surface area contributed by atoms with Crippen molar-refractivity contribution in [3.63, 3.8) is 0 Å². The number of hydrogen-bond acceptors (Lipinski definition) is 3. The lowest BCUT2D eigenvalue weighted by Gasteiger charge is -2.19. The van der Waals surface area contributed by atoms with Gasteiger partial charge in [-0.25, -0.2) is 0 Å². The van der Waals surface area contributed by atoms with Gasteiger partial charge >= 0.3 is 0 Å². The number of nitrogens with zero attached hydrogens (tertiary/aromatic N) is 1. The molecule has 0 aliphatic carbocycles. The second kappa shape index (κ2) is 3.53. The number of hydrogen-bond donors (Lipinski definition) is 1. The Labute approximate surface area is 88.7 Å². The van der Waals surface area contributed by atoms with Crippen molar-refractivity contribution in [2.75, 3.05) is 0 Å². The van der Waals surface area contributed by atoms with Crippen LogP contribution in [0, 0.1) is 17.0 Å². The van der Waals surface area contributed by atoms with Crippen LogP contribution in [0.15, 0.2) is 12.1 Å². The highest BCUT2D eigenvalue weighted by Crippen LogP contribution is 2.37. The molecule has 0 spiro atoms. The van der Waals surface area contributed by atoms with Gasteiger partial charge in [0, 0.05) is 5.56 Å². The van der Waals surface area contributed by atoms with E-state index < -0.39 is 4.92 Å². The molecule has 0 aliphatic rings. The van der Waals surface area contributed by atoms with E-state index in [-0.39, 0.29) is 16.9 Å². The van der Waals surface area contributed by atoms with Gasteiger partial charge in [0.1, 0.15) is 5.75 Å². The zero-order valence-electron chi connectivity index (χ0n) is 9.37. The molecule has 0 aromatic heterocycles. The maximum Gasteiger partial charge on any atom is 0.279 e. The number of benzene rings is 1. The molecule has 4 nitrogen and oxygen atoms in total. The van der Waals surface area contributed by atoms with E-state index in [0.29, 0.717) is 11.1 Å². The Morgan fingerprint density at radius 2 is 1.87 bits per heavy atom. The molecule has 0 saturated carbocycles. The predicted molar refractivity (Wildman–Crippen MR) is 58.2 cm³/mol. The standard InChI is InChI=1S/C11H15NO3/c1-7-9(13)6-5-8(11(2,3)4)10(7)12(14)15/h5-6,13H,1-4H3. The highest BCUT2D eigenvalue weighted by atomic mass is 16.6. The molecule has 0 bridgehead atoms. The molecule has 0 saturated heterocycles. The summed E-state index contributed by atoms with van der Waals surface area (Å²) in [4.78, 5) is 10.5. The predicted octanol–water partition coefficient (Wildman–Crippen LogP) is 2.91. The lowest BCUT2D eigenvalue weighted by atomic mass is 9.84. The number of nitro benzene ring substituents is 1. The fourth-order valence-corrected chi connectivity index (χ4v) is 1.53. The van der Waals surface area contributed by atoms with Crippen LogP contribution in [0.5, 0.6) is 5.75 Å². The van der Waals surface area contributed by atoms with Crippen LogP contribution in [-0.4, -0.2) is 10.0 Å². The third-order valence-electron chi connectivity index (χ3n) is 2.39. The van der Waals surface area contributed by atoms with Gasteiger partial charge in [-0.15, -0.1) is 0 Å². The Kier molecular flexibility index (Phi) is 2.71. The van der Waals surface area contributed by atoms with E-state index in [9.17, 15) is 15.2 Å². The second-order valence-corrected chi connectivity index (χ2v) is 4.61. The van der Waals surface area contributed by atoms with Gasteiger partial charge in [-0.2, -0.15) is 0 Å². The van der Waals surface area contributed by atoms with Gasteiger partial charge in [0.2, 0.25) is 0 Å². The van der Waals surface area contributed by atoms with Crippen molar-refractivity contribution in [1.82, 2.24) is 0 Å². The maximum absolute atomic E-state index is 10.9. The molecular weight excluding hydrogens is 194 g/mol. The molecule has 0 unspecified atom stereocenters. The quantitative estimate of drug-likeness (QED) is 0.571. The van der Waals surface area contributed by atoms with Crippen LogP contribution < -0.4 is 0 Å². The SMILES string of the molecule is Cc1c(O)ccc(C(C)(C)C)c1[N+](=O)[O-]. The summed E-state index contributed by atoms with van der Waals surface area (Å²) >= 11 is 0. The Morgan fingerprint density at radius 3 is 2.27 bits per heavy atom. The lowest BCUT2D eigenvalue weighted by molar-refractivity contribution is -0.386. The van der Waals surface area contributed by atoms with E-state index in [1.807, 2.05) is 20.8 Å². The average Bonchev–Trinajstić information content (AvgIpc) is 2.06. The van der Waals surface area contributed by atoms with Gasteiger partial charge in [0.25, 0.3) is 5.69 Å². The zero-order chi connectivity index (χ0) is 11.8. The molecule has 1 N–H and O–H groups in total. The summed E-state index contributed by atoms with van der Waals surface area (Å²) in [5, 5.41) is 20.4. The van der Waals surface area contributed by atoms with Crippen molar-refractivity contribution < 1.29 is 10.0 Å². The van der Waals surface area contributed by atoms with E-state index in [1.54, 1.807) is 13.0 Å². The molecule has 1 aromatic rings. The molecule has 0 radical (unpaired) electrons. The third kappa shape index (κ3) is 2.09. The molecule has 1 aromatic carbocycles. The van der Waals surface area contributed by atoms with Crippen LogP contribution in [0.2, 0.25) is 0 Å². The van der Waals surface area contributed by atoms with Crippen LogP contribution >= 0.6 is 0 Å². The Hall–Kier alpha value is -1.58. The molecule has 0 heterocycles. The maximum atomic E-state index is 10.9. The molecule has 15 heavy (non-hydrogen) atoms. The molecular formula is C11H15NO3. The lowest BCUT2D eigenvalue weighted by Crippen LogP contribution is -2.14. The first kappa shape index (κ1) is 11.5. The van der Waals surface area contributed by atoms with Crippen molar-refractivity contribution in [3.8, 4) is 5.75 Å². The van der Waals surface area contributed by atoms with Crippen molar-refractivity contribution >= 4 is 5.69 Å². The minimum absolute atomic E-state index is 0.0162. The summed E-state index contributed by atoms with van der Waals surface area (Å²) < 4.78 is 0. The highest BCUT2D eigenvalue weighted by molar-refractivity contribution is 5.56. The van der Waals surface area contributed by atoms with Gasteiger partial charge in [-0.3, -0.25) is 10.1 Å². The van der Waals surface area contributed by atoms with Crippen LogP contribution in [-0.2, 0) is 5.41 Å². The monoisotopic (exact) mass is 209 g/mol. The summed E-state index contributed by atoms with van der Waals surface area (Å²) in [7, 11) is 0. The largest absolute Gasteiger partial charge is 0.507 e. The van der Waals surface area contributed by atoms with Crippen molar-refractivity contribution in [1.29, 1.82) is 0 Å². The van der Waals surface area contributed by atoms with Crippen LogP contribution in [0.3, 0.4) is 0 Å². The van der Waals surface area contributed by atoms with E-state index in [4.69, 9.17) is 0 Å². The summed E-state index contributed by atoms with van der Waals surface area (Å²) in [5.74, 6) is -0.0327. The molecule has 0 atom stereocenters. The topological polar surface area (TPSA) is 63.4 Å². The van der Waals surface area contributed by atoms with Gasteiger partial charge in [0.05, 0.1) is 10.5 Å². The molecule has 0 aliphatic heterocycles. The van der Waals surface area contributed by atoms with Crippen LogP contribution in [0.4, 0.5) is 5.69 Å². The zero-order valence-corrected chi connectivity index (χ0v) is 9.37. The second-order valence-electron chi connectivity index (χ2n) is 4.61. The number of phenols is 1. The van der Waals surface area contributed by atoms with Crippen molar-refractivity contribution in [2.45, 2.75) is 33.1 Å². The molecule has 0 fully saturated rings. The summed E-state index contributed by atoms with van der Waals surface area (Å²) in [6, 6.07) is 3.11. The van der Waals surface area contributed by atoms with Crippen molar-refractivity contribution in [2.24, 2.45) is 0 Å². The highest BCUT2D eigenvalue weighted by Gasteiger charge is 2.27. The first-order chi connectivity index (χ1) is 6.75. The summed E-state index contributed by atoms with van der Waals surface area (Å²) in [6.07, 6.45) is 0. The molecule has 4 heteroatoms. The first-order valence-corrected chi connectivity index (χ1v) is 4.72. The van der Waals surface area contributed by atoms with Crippen LogP contribution in [0.25, 0.3) is 0 Å². The minimum atomic E-state index is -0.435. The third-order valence-corrected chi connectivity index (χ3v) is 2.39. The minimum Gasteiger partial charge on any atom is -0.507 e. The summed E-state index contributed by atoms with van der Waals surface area (Å²) in [6.45, 7) is 7.28. The van der Waals surface area contributed by atoms with Gasteiger partial charge in [-0.05, 0) is 24.5 Å².